The number of likely N-dealkylation sites (N-methyl/N-ethyl adjacent to an activating group) is 1. The van der Waals surface area contributed by atoms with E-state index in [9.17, 15) is 9.59 Å². The molecule has 18 heavy (non-hydrogen) atoms. The lowest BCUT2D eigenvalue weighted by molar-refractivity contribution is -0.156. The Kier molecular flexibility index (Phi) is 2.50. The predicted molar refractivity (Wildman–Crippen MR) is 65.7 cm³/mol. The van der Waals surface area contributed by atoms with E-state index in [-0.39, 0.29) is 17.8 Å². The zero-order valence-electron chi connectivity index (χ0n) is 11.0. The first-order valence-corrected chi connectivity index (χ1v) is 6.80. The van der Waals surface area contributed by atoms with Gasteiger partial charge in [0.2, 0.25) is 5.91 Å². The van der Waals surface area contributed by atoms with Crippen molar-refractivity contribution in [3.05, 3.63) is 11.1 Å². The molecule has 1 saturated carbocycles. The smallest absolute Gasteiger partial charge is 0.332 e. The number of rotatable bonds is 2. The fraction of sp³-hybridized carbons (Fsp3) is 0.714. The van der Waals surface area contributed by atoms with Crippen molar-refractivity contribution in [3.63, 3.8) is 0 Å². The van der Waals surface area contributed by atoms with Crippen molar-refractivity contribution in [2.45, 2.75) is 44.6 Å². The van der Waals surface area contributed by atoms with E-state index in [0.717, 1.165) is 37.7 Å². The van der Waals surface area contributed by atoms with E-state index in [1.54, 1.807) is 11.9 Å². The molecule has 0 aromatic carbocycles. The summed E-state index contributed by atoms with van der Waals surface area (Å²) >= 11 is 0. The average molecular weight is 249 g/mol. The average Bonchev–Trinajstić information content (AvgIpc) is 3.13. The minimum atomic E-state index is -0.663. The molecule has 4 nitrogen and oxygen atoms in total. The molecule has 0 radical (unpaired) electrons. The van der Waals surface area contributed by atoms with Crippen molar-refractivity contribution in [2.75, 3.05) is 13.7 Å². The molecule has 2 atom stereocenters. The van der Waals surface area contributed by atoms with Gasteiger partial charge in [-0.05, 0) is 39.0 Å². The van der Waals surface area contributed by atoms with Gasteiger partial charge in [0, 0.05) is 18.5 Å². The molecule has 1 fully saturated rings. The molecule has 1 aliphatic heterocycles. The second-order valence-electron chi connectivity index (χ2n) is 5.48. The van der Waals surface area contributed by atoms with Crippen molar-refractivity contribution in [3.8, 4) is 0 Å². The minimum Gasteiger partial charge on any atom is -0.464 e. The number of fused-ring (bicyclic) bond motifs is 2. The summed E-state index contributed by atoms with van der Waals surface area (Å²) in [6.45, 7) is 2.18. The van der Waals surface area contributed by atoms with Gasteiger partial charge >= 0.3 is 5.97 Å². The van der Waals surface area contributed by atoms with Gasteiger partial charge in [0.25, 0.3) is 0 Å². The highest BCUT2D eigenvalue weighted by Gasteiger charge is 2.69. The molecule has 3 aliphatic rings. The standard InChI is InChI=1S/C14H19NO3/c1-3-18-13(17)14-8-11(14)9-6-4-5-7-10(9)12(16)15(14)2/h11H,3-8H2,1-2H3. The summed E-state index contributed by atoms with van der Waals surface area (Å²) in [5.41, 5.74) is 1.56. The molecule has 0 aromatic heterocycles. The Balaban J connectivity index is 1.97. The maximum Gasteiger partial charge on any atom is 0.332 e. The van der Waals surface area contributed by atoms with Crippen molar-refractivity contribution in [1.29, 1.82) is 0 Å². The van der Waals surface area contributed by atoms with Crippen LogP contribution in [0, 0.1) is 5.92 Å². The Morgan fingerprint density at radius 3 is 2.89 bits per heavy atom. The topological polar surface area (TPSA) is 46.6 Å². The van der Waals surface area contributed by atoms with E-state index in [1.807, 2.05) is 6.92 Å². The number of hydrogen-bond donors (Lipinski definition) is 0. The molecule has 4 heteroatoms. The molecule has 0 bridgehead atoms. The van der Waals surface area contributed by atoms with Crippen LogP contribution in [-0.2, 0) is 14.3 Å². The minimum absolute atomic E-state index is 0.0477. The van der Waals surface area contributed by atoms with E-state index < -0.39 is 5.54 Å². The quantitative estimate of drug-likeness (QED) is 0.699. The fourth-order valence-corrected chi connectivity index (χ4v) is 3.59. The second kappa shape index (κ2) is 3.84. The maximum atomic E-state index is 12.4. The maximum absolute atomic E-state index is 12.4. The molecule has 2 unspecified atom stereocenters. The molecule has 0 N–H and O–H groups in total. The van der Waals surface area contributed by atoms with Gasteiger partial charge in [0.1, 0.15) is 5.54 Å². The molecule has 3 rings (SSSR count). The van der Waals surface area contributed by atoms with E-state index >= 15 is 0 Å². The molecule has 1 heterocycles. The van der Waals surface area contributed by atoms with Gasteiger partial charge in [0.05, 0.1) is 6.61 Å². The van der Waals surface area contributed by atoms with Crippen LogP contribution >= 0.6 is 0 Å². The lowest BCUT2D eigenvalue weighted by atomic mass is 9.84. The van der Waals surface area contributed by atoms with Crippen LogP contribution in [0.1, 0.15) is 39.0 Å². The first kappa shape index (κ1) is 11.8. The monoisotopic (exact) mass is 249 g/mol. The van der Waals surface area contributed by atoms with Crippen LogP contribution in [0.2, 0.25) is 0 Å². The van der Waals surface area contributed by atoms with E-state index in [0.29, 0.717) is 6.61 Å². The Hall–Kier alpha value is -1.32. The number of hydrogen-bond acceptors (Lipinski definition) is 3. The number of carbonyl (C=O) groups is 2. The highest BCUT2D eigenvalue weighted by molar-refractivity contribution is 6.02. The first-order valence-electron chi connectivity index (χ1n) is 6.80. The normalized spacial score (nSPS) is 34.0. The molecule has 0 spiro atoms. The molecule has 2 aliphatic carbocycles. The van der Waals surface area contributed by atoms with Gasteiger partial charge in [-0.25, -0.2) is 4.79 Å². The summed E-state index contributed by atoms with van der Waals surface area (Å²) in [6, 6.07) is 0. The Morgan fingerprint density at radius 1 is 1.44 bits per heavy atom. The summed E-state index contributed by atoms with van der Waals surface area (Å²) < 4.78 is 5.17. The van der Waals surface area contributed by atoms with Gasteiger partial charge < -0.3 is 9.64 Å². The highest BCUT2D eigenvalue weighted by Crippen LogP contribution is 2.59. The van der Waals surface area contributed by atoms with Crippen LogP contribution in [0.15, 0.2) is 11.1 Å². The lowest BCUT2D eigenvalue weighted by Gasteiger charge is -2.35. The Morgan fingerprint density at radius 2 is 2.17 bits per heavy atom. The van der Waals surface area contributed by atoms with Gasteiger partial charge in [-0.15, -0.1) is 0 Å². The third-order valence-electron chi connectivity index (χ3n) is 4.65. The SMILES string of the molecule is CCOC(=O)C12CC1C1=C(CCCC1)C(=O)N2C. The number of esters is 1. The van der Waals surface area contributed by atoms with Crippen LogP contribution in [0.25, 0.3) is 0 Å². The molecule has 0 aromatic rings. The van der Waals surface area contributed by atoms with E-state index in [1.165, 1.54) is 5.57 Å². The zero-order valence-corrected chi connectivity index (χ0v) is 11.0. The van der Waals surface area contributed by atoms with Gasteiger partial charge in [0.15, 0.2) is 0 Å². The van der Waals surface area contributed by atoms with Crippen molar-refractivity contribution in [1.82, 2.24) is 4.90 Å². The molecule has 0 saturated heterocycles. The van der Waals surface area contributed by atoms with Gasteiger partial charge in [-0.3, -0.25) is 4.79 Å². The van der Waals surface area contributed by atoms with Crippen LogP contribution in [0.4, 0.5) is 0 Å². The van der Waals surface area contributed by atoms with Crippen LogP contribution in [0.3, 0.4) is 0 Å². The van der Waals surface area contributed by atoms with Crippen molar-refractivity contribution in [2.24, 2.45) is 5.92 Å². The number of ether oxygens (including phenoxy) is 1. The van der Waals surface area contributed by atoms with Crippen molar-refractivity contribution < 1.29 is 14.3 Å². The fourth-order valence-electron chi connectivity index (χ4n) is 3.59. The second-order valence-corrected chi connectivity index (χ2v) is 5.48. The van der Waals surface area contributed by atoms with E-state index in [2.05, 4.69) is 0 Å². The number of nitrogens with zero attached hydrogens (tertiary/aromatic N) is 1. The van der Waals surface area contributed by atoms with E-state index in [4.69, 9.17) is 4.74 Å². The lowest BCUT2D eigenvalue weighted by Crippen LogP contribution is -2.50. The largest absolute Gasteiger partial charge is 0.464 e. The summed E-state index contributed by atoms with van der Waals surface area (Å²) in [5.74, 6) is 0.0593. The third kappa shape index (κ3) is 1.32. The van der Waals surface area contributed by atoms with Crippen LogP contribution in [-0.4, -0.2) is 36.0 Å². The third-order valence-corrected chi connectivity index (χ3v) is 4.65. The Labute approximate surface area is 107 Å². The number of carbonyl (C=O) groups excluding carboxylic acids is 2. The van der Waals surface area contributed by atoms with Crippen molar-refractivity contribution >= 4 is 11.9 Å². The van der Waals surface area contributed by atoms with Crippen LogP contribution in [0.5, 0.6) is 0 Å². The van der Waals surface area contributed by atoms with Gasteiger partial charge in [-0.1, -0.05) is 5.57 Å². The summed E-state index contributed by atoms with van der Waals surface area (Å²) in [5, 5.41) is 0. The molecule has 98 valence electrons. The number of amides is 1. The highest BCUT2D eigenvalue weighted by atomic mass is 16.5. The molecular formula is C14H19NO3. The first-order chi connectivity index (χ1) is 8.63. The summed E-state index contributed by atoms with van der Waals surface area (Å²) in [6.07, 6.45) is 4.87. The summed E-state index contributed by atoms with van der Waals surface area (Å²) in [7, 11) is 1.75. The molecule has 1 amide bonds. The van der Waals surface area contributed by atoms with Gasteiger partial charge in [-0.2, -0.15) is 0 Å². The predicted octanol–water partition coefficient (Wildman–Crippen LogP) is 1.65. The summed E-state index contributed by atoms with van der Waals surface area (Å²) in [4.78, 5) is 26.2. The Bertz CT molecular complexity index is 454. The molecular weight excluding hydrogens is 230 g/mol. The zero-order chi connectivity index (χ0) is 12.9. The van der Waals surface area contributed by atoms with Crippen LogP contribution < -0.4 is 0 Å².